The quantitative estimate of drug-likeness (QED) is 0.730. The van der Waals surface area contributed by atoms with Gasteiger partial charge in [-0.1, -0.05) is 0 Å². The first-order valence-electron chi connectivity index (χ1n) is 6.14. The number of anilines is 2. The average molecular weight is 252 g/mol. The van der Waals surface area contributed by atoms with E-state index in [9.17, 15) is 5.11 Å². The van der Waals surface area contributed by atoms with Gasteiger partial charge in [0.15, 0.2) is 0 Å². The maximum absolute atomic E-state index is 9.64. The molecular weight excluding hydrogens is 232 g/mol. The van der Waals surface area contributed by atoms with Gasteiger partial charge in [0.25, 0.3) is 0 Å². The van der Waals surface area contributed by atoms with E-state index in [4.69, 9.17) is 10.5 Å². The minimum atomic E-state index is -0.365. The van der Waals surface area contributed by atoms with Gasteiger partial charge in [-0.25, -0.2) is 9.97 Å². The Hall–Kier alpha value is -1.40. The standard InChI is InChI=1S/C12H20N4O2/c1-8-10(13)14-9(2)15-11(8)16-12(7-17)3-5-18-6-4-12/h17H,3-7H2,1-2H3,(H3,13,14,15,16). The van der Waals surface area contributed by atoms with Crippen LogP contribution in [0, 0.1) is 13.8 Å². The van der Waals surface area contributed by atoms with Crippen LogP contribution in [0.25, 0.3) is 0 Å². The zero-order valence-corrected chi connectivity index (χ0v) is 10.9. The van der Waals surface area contributed by atoms with Gasteiger partial charge in [0.1, 0.15) is 17.5 Å². The molecule has 6 heteroatoms. The number of nitrogens with two attached hydrogens (primary N) is 1. The lowest BCUT2D eigenvalue weighted by Gasteiger charge is -2.37. The summed E-state index contributed by atoms with van der Waals surface area (Å²) in [5.74, 6) is 1.81. The van der Waals surface area contributed by atoms with E-state index in [0.717, 1.165) is 18.4 Å². The van der Waals surface area contributed by atoms with Crippen molar-refractivity contribution >= 4 is 11.6 Å². The zero-order valence-electron chi connectivity index (χ0n) is 10.9. The van der Waals surface area contributed by atoms with Gasteiger partial charge >= 0.3 is 0 Å². The molecule has 0 saturated carbocycles. The highest BCUT2D eigenvalue weighted by atomic mass is 16.5. The fourth-order valence-electron chi connectivity index (χ4n) is 2.11. The number of aromatic nitrogens is 2. The van der Waals surface area contributed by atoms with Crippen molar-refractivity contribution in [3.63, 3.8) is 0 Å². The molecule has 6 nitrogen and oxygen atoms in total. The molecule has 4 N–H and O–H groups in total. The fourth-order valence-corrected chi connectivity index (χ4v) is 2.11. The first-order chi connectivity index (χ1) is 8.56. The Morgan fingerprint density at radius 3 is 2.61 bits per heavy atom. The van der Waals surface area contributed by atoms with E-state index in [2.05, 4.69) is 15.3 Å². The predicted octanol–water partition coefficient (Wildman–Crippen LogP) is 0.629. The Morgan fingerprint density at radius 2 is 2.00 bits per heavy atom. The Bertz CT molecular complexity index is 430. The molecule has 0 spiro atoms. The van der Waals surface area contributed by atoms with Crippen LogP contribution in [0.15, 0.2) is 0 Å². The summed E-state index contributed by atoms with van der Waals surface area (Å²) >= 11 is 0. The molecule has 0 aliphatic carbocycles. The molecule has 1 aliphatic heterocycles. The van der Waals surface area contributed by atoms with Crippen molar-refractivity contribution in [1.29, 1.82) is 0 Å². The zero-order chi connectivity index (χ0) is 13.2. The lowest BCUT2D eigenvalue weighted by molar-refractivity contribution is 0.0378. The summed E-state index contributed by atoms with van der Waals surface area (Å²) < 4.78 is 5.33. The molecule has 0 radical (unpaired) electrons. The largest absolute Gasteiger partial charge is 0.394 e. The molecule has 0 amide bonds. The van der Waals surface area contributed by atoms with Gasteiger partial charge < -0.3 is 20.9 Å². The van der Waals surface area contributed by atoms with Crippen molar-refractivity contribution < 1.29 is 9.84 Å². The molecule has 0 aromatic carbocycles. The van der Waals surface area contributed by atoms with Crippen LogP contribution in [-0.2, 0) is 4.74 Å². The predicted molar refractivity (Wildman–Crippen MR) is 69.4 cm³/mol. The highest BCUT2D eigenvalue weighted by Gasteiger charge is 2.32. The van der Waals surface area contributed by atoms with Gasteiger partial charge in [-0.05, 0) is 26.7 Å². The molecule has 1 aliphatic rings. The lowest BCUT2D eigenvalue weighted by atomic mass is 9.91. The first kappa shape index (κ1) is 13.0. The summed E-state index contributed by atoms with van der Waals surface area (Å²) in [4.78, 5) is 8.48. The van der Waals surface area contributed by atoms with Gasteiger partial charge in [-0.3, -0.25) is 0 Å². The molecule has 18 heavy (non-hydrogen) atoms. The number of aliphatic hydroxyl groups is 1. The van der Waals surface area contributed by atoms with Crippen LogP contribution in [-0.4, -0.2) is 40.4 Å². The van der Waals surface area contributed by atoms with E-state index in [0.29, 0.717) is 30.7 Å². The smallest absolute Gasteiger partial charge is 0.135 e. The number of rotatable bonds is 3. The third-order valence-electron chi connectivity index (χ3n) is 3.43. The molecule has 2 rings (SSSR count). The number of aliphatic hydroxyl groups excluding tert-OH is 1. The molecule has 1 aromatic heterocycles. The van der Waals surface area contributed by atoms with Gasteiger partial charge in [0.05, 0.1) is 12.1 Å². The molecule has 0 unspecified atom stereocenters. The van der Waals surface area contributed by atoms with Crippen LogP contribution in [0.5, 0.6) is 0 Å². The van der Waals surface area contributed by atoms with Gasteiger partial charge in [-0.15, -0.1) is 0 Å². The van der Waals surface area contributed by atoms with E-state index in [1.165, 1.54) is 0 Å². The van der Waals surface area contributed by atoms with Crippen LogP contribution in [0.1, 0.15) is 24.2 Å². The Balaban J connectivity index is 2.26. The third kappa shape index (κ3) is 2.54. The van der Waals surface area contributed by atoms with Crippen molar-refractivity contribution in [2.24, 2.45) is 0 Å². The minimum absolute atomic E-state index is 0.0543. The second-order valence-electron chi connectivity index (χ2n) is 4.81. The molecule has 0 atom stereocenters. The molecule has 100 valence electrons. The Kier molecular flexibility index (Phi) is 3.68. The van der Waals surface area contributed by atoms with Crippen molar-refractivity contribution in [3.05, 3.63) is 11.4 Å². The number of ether oxygens (including phenoxy) is 1. The van der Waals surface area contributed by atoms with Crippen LogP contribution < -0.4 is 11.1 Å². The van der Waals surface area contributed by atoms with Crippen molar-refractivity contribution in [2.45, 2.75) is 32.2 Å². The lowest BCUT2D eigenvalue weighted by Crippen LogP contribution is -2.47. The van der Waals surface area contributed by atoms with E-state index in [1.54, 1.807) is 6.92 Å². The maximum atomic E-state index is 9.64. The second kappa shape index (κ2) is 5.07. The summed E-state index contributed by atoms with van der Waals surface area (Å²) in [5, 5.41) is 13.0. The number of nitrogen functional groups attached to an aromatic ring is 1. The van der Waals surface area contributed by atoms with Crippen LogP contribution in [0.2, 0.25) is 0 Å². The molecule has 1 fully saturated rings. The second-order valence-corrected chi connectivity index (χ2v) is 4.81. The van der Waals surface area contributed by atoms with E-state index < -0.39 is 0 Å². The molecule has 2 heterocycles. The number of nitrogens with zero attached hydrogens (tertiary/aromatic N) is 2. The SMILES string of the molecule is Cc1nc(N)c(C)c(NC2(CO)CCOCC2)n1. The molecule has 0 bridgehead atoms. The molecule has 1 aromatic rings. The monoisotopic (exact) mass is 252 g/mol. The third-order valence-corrected chi connectivity index (χ3v) is 3.43. The van der Waals surface area contributed by atoms with Crippen molar-refractivity contribution in [3.8, 4) is 0 Å². The highest BCUT2D eigenvalue weighted by molar-refractivity contribution is 5.56. The van der Waals surface area contributed by atoms with E-state index in [-0.39, 0.29) is 12.1 Å². The summed E-state index contributed by atoms with van der Waals surface area (Å²) in [6.07, 6.45) is 1.51. The topological polar surface area (TPSA) is 93.3 Å². The Labute approximate surface area is 107 Å². The first-order valence-corrected chi connectivity index (χ1v) is 6.14. The molecular formula is C12H20N4O2. The van der Waals surface area contributed by atoms with E-state index >= 15 is 0 Å². The normalized spacial score (nSPS) is 18.6. The molecule has 1 saturated heterocycles. The summed E-state index contributed by atoms with van der Waals surface area (Å²) in [6.45, 7) is 5.02. The number of hydrogen-bond donors (Lipinski definition) is 3. The number of hydrogen-bond acceptors (Lipinski definition) is 6. The minimum Gasteiger partial charge on any atom is -0.394 e. The average Bonchev–Trinajstić information content (AvgIpc) is 2.36. The summed E-state index contributed by atoms with van der Waals surface area (Å²) in [7, 11) is 0. The maximum Gasteiger partial charge on any atom is 0.135 e. The van der Waals surface area contributed by atoms with Crippen molar-refractivity contribution in [2.75, 3.05) is 30.9 Å². The number of nitrogens with one attached hydrogen (secondary N) is 1. The van der Waals surface area contributed by atoms with Gasteiger partial charge in [0, 0.05) is 18.8 Å². The Morgan fingerprint density at radius 1 is 1.33 bits per heavy atom. The van der Waals surface area contributed by atoms with E-state index in [1.807, 2.05) is 6.92 Å². The number of aryl methyl sites for hydroxylation is 1. The van der Waals surface area contributed by atoms with Gasteiger partial charge in [-0.2, -0.15) is 0 Å². The summed E-state index contributed by atoms with van der Waals surface area (Å²) in [6, 6.07) is 0. The van der Waals surface area contributed by atoms with Crippen LogP contribution in [0.3, 0.4) is 0 Å². The van der Waals surface area contributed by atoms with Crippen molar-refractivity contribution in [1.82, 2.24) is 9.97 Å². The van der Waals surface area contributed by atoms with Crippen LogP contribution in [0.4, 0.5) is 11.6 Å². The summed E-state index contributed by atoms with van der Waals surface area (Å²) in [5.41, 5.74) is 6.29. The van der Waals surface area contributed by atoms with Crippen LogP contribution >= 0.6 is 0 Å². The highest BCUT2D eigenvalue weighted by Crippen LogP contribution is 2.27. The van der Waals surface area contributed by atoms with Gasteiger partial charge in [0.2, 0.25) is 0 Å². The fraction of sp³-hybridized carbons (Fsp3) is 0.667.